The predicted molar refractivity (Wildman–Crippen MR) is 81.7 cm³/mol. The van der Waals surface area contributed by atoms with Gasteiger partial charge in [-0.1, -0.05) is 12.1 Å². The van der Waals surface area contributed by atoms with Crippen molar-refractivity contribution in [3.05, 3.63) is 29.8 Å². The Hall–Kier alpha value is -1.53. The molecule has 0 spiro atoms. The molecule has 2 rings (SSSR count). The molecule has 1 unspecified atom stereocenters. The molecule has 1 fully saturated rings. The van der Waals surface area contributed by atoms with E-state index in [2.05, 4.69) is 16.0 Å². The van der Waals surface area contributed by atoms with Crippen molar-refractivity contribution in [1.82, 2.24) is 10.6 Å². The van der Waals surface area contributed by atoms with Crippen LogP contribution in [0.2, 0.25) is 0 Å². The molecule has 108 valence electrons. The third-order valence-electron chi connectivity index (χ3n) is 2.98. The fourth-order valence-corrected chi connectivity index (χ4v) is 2.89. The molecule has 6 heteroatoms. The van der Waals surface area contributed by atoms with Crippen LogP contribution in [-0.4, -0.2) is 35.9 Å². The Kier molecular flexibility index (Phi) is 5.43. The maximum atomic E-state index is 11.9. The summed E-state index contributed by atoms with van der Waals surface area (Å²) in [6, 6.07) is 7.37. The molecule has 1 heterocycles. The highest BCUT2D eigenvalue weighted by Crippen LogP contribution is 2.10. The number of thioether (sulfide) groups is 1. The molecule has 0 radical (unpaired) electrons. The van der Waals surface area contributed by atoms with Crippen molar-refractivity contribution < 1.29 is 9.59 Å². The minimum Gasteiger partial charge on any atom is -0.351 e. The molecule has 1 aliphatic heterocycles. The van der Waals surface area contributed by atoms with Gasteiger partial charge in [0, 0.05) is 37.2 Å². The fourth-order valence-electron chi connectivity index (χ4n) is 1.96. The number of amides is 2. The van der Waals surface area contributed by atoms with E-state index < -0.39 is 0 Å². The van der Waals surface area contributed by atoms with Crippen molar-refractivity contribution in [3.63, 3.8) is 0 Å². The van der Waals surface area contributed by atoms with Gasteiger partial charge >= 0.3 is 0 Å². The molecule has 1 aliphatic rings. The molecule has 1 aromatic carbocycles. The maximum absolute atomic E-state index is 11.9. The predicted octanol–water partition coefficient (Wildman–Crippen LogP) is 0.966. The lowest BCUT2D eigenvalue weighted by molar-refractivity contribution is -0.122. The summed E-state index contributed by atoms with van der Waals surface area (Å²) in [4.78, 5) is 22.9. The summed E-state index contributed by atoms with van der Waals surface area (Å²) < 4.78 is 0. The normalized spacial score (nSPS) is 18.4. The number of nitrogens with one attached hydrogen (secondary N) is 3. The van der Waals surface area contributed by atoms with Crippen LogP contribution in [0, 0.1) is 0 Å². The SMILES string of the molecule is CC(=O)Nc1ccc(CNC(=O)C2CSCCN2)cc1. The quantitative estimate of drug-likeness (QED) is 0.773. The highest BCUT2D eigenvalue weighted by Gasteiger charge is 2.20. The summed E-state index contributed by atoms with van der Waals surface area (Å²) in [5, 5.41) is 8.84. The molecule has 1 atom stereocenters. The van der Waals surface area contributed by atoms with E-state index in [1.54, 1.807) is 11.8 Å². The number of anilines is 1. The summed E-state index contributed by atoms with van der Waals surface area (Å²) in [6.45, 7) is 2.86. The number of hydrogen-bond acceptors (Lipinski definition) is 4. The maximum Gasteiger partial charge on any atom is 0.238 e. The number of benzene rings is 1. The van der Waals surface area contributed by atoms with E-state index in [-0.39, 0.29) is 17.9 Å². The molecule has 1 aromatic rings. The van der Waals surface area contributed by atoms with Crippen LogP contribution < -0.4 is 16.0 Å². The van der Waals surface area contributed by atoms with Crippen LogP contribution in [0.15, 0.2) is 24.3 Å². The smallest absolute Gasteiger partial charge is 0.238 e. The molecule has 0 saturated carbocycles. The lowest BCUT2D eigenvalue weighted by Gasteiger charge is -2.22. The zero-order valence-electron chi connectivity index (χ0n) is 11.4. The molecule has 20 heavy (non-hydrogen) atoms. The van der Waals surface area contributed by atoms with Gasteiger partial charge in [0.05, 0.1) is 6.04 Å². The highest BCUT2D eigenvalue weighted by molar-refractivity contribution is 7.99. The monoisotopic (exact) mass is 293 g/mol. The lowest BCUT2D eigenvalue weighted by Crippen LogP contribution is -2.48. The molecule has 0 bridgehead atoms. The Bertz CT molecular complexity index is 470. The second kappa shape index (κ2) is 7.31. The van der Waals surface area contributed by atoms with Crippen LogP contribution in [0.25, 0.3) is 0 Å². The van der Waals surface area contributed by atoms with Crippen molar-refractivity contribution in [3.8, 4) is 0 Å². The van der Waals surface area contributed by atoms with E-state index in [1.807, 2.05) is 24.3 Å². The van der Waals surface area contributed by atoms with E-state index in [0.717, 1.165) is 29.3 Å². The Morgan fingerprint density at radius 3 is 2.70 bits per heavy atom. The minimum absolute atomic E-state index is 0.0446. The van der Waals surface area contributed by atoms with Gasteiger partial charge in [-0.15, -0.1) is 0 Å². The average Bonchev–Trinajstić information content (AvgIpc) is 2.46. The molecular formula is C14H19N3O2S. The van der Waals surface area contributed by atoms with Crippen molar-refractivity contribution in [1.29, 1.82) is 0 Å². The van der Waals surface area contributed by atoms with Gasteiger partial charge in [-0.2, -0.15) is 11.8 Å². The fraction of sp³-hybridized carbons (Fsp3) is 0.429. The van der Waals surface area contributed by atoms with Crippen molar-refractivity contribution >= 4 is 29.3 Å². The molecule has 5 nitrogen and oxygen atoms in total. The van der Waals surface area contributed by atoms with Gasteiger partial charge in [0.15, 0.2) is 0 Å². The molecule has 2 amide bonds. The van der Waals surface area contributed by atoms with Crippen LogP contribution in [-0.2, 0) is 16.1 Å². The number of carbonyl (C=O) groups is 2. The Morgan fingerprint density at radius 2 is 2.10 bits per heavy atom. The zero-order valence-corrected chi connectivity index (χ0v) is 12.3. The first kappa shape index (κ1) is 14.9. The van der Waals surface area contributed by atoms with Crippen molar-refractivity contribution in [2.24, 2.45) is 0 Å². The van der Waals surface area contributed by atoms with E-state index >= 15 is 0 Å². The Morgan fingerprint density at radius 1 is 1.35 bits per heavy atom. The third kappa shape index (κ3) is 4.54. The first-order chi connectivity index (χ1) is 9.65. The molecule has 0 aromatic heterocycles. The van der Waals surface area contributed by atoms with Gasteiger partial charge in [0.1, 0.15) is 0 Å². The molecule has 0 aliphatic carbocycles. The van der Waals surface area contributed by atoms with E-state index in [4.69, 9.17) is 0 Å². The van der Waals surface area contributed by atoms with Crippen molar-refractivity contribution in [2.75, 3.05) is 23.4 Å². The largest absolute Gasteiger partial charge is 0.351 e. The number of carbonyl (C=O) groups excluding carboxylic acids is 2. The van der Waals surface area contributed by atoms with E-state index in [0.29, 0.717) is 6.54 Å². The van der Waals surface area contributed by atoms with Gasteiger partial charge in [-0.25, -0.2) is 0 Å². The van der Waals surface area contributed by atoms with Crippen LogP contribution in [0.4, 0.5) is 5.69 Å². The van der Waals surface area contributed by atoms with Gasteiger partial charge in [0.2, 0.25) is 11.8 Å². The minimum atomic E-state index is -0.0908. The number of hydrogen-bond donors (Lipinski definition) is 3. The van der Waals surface area contributed by atoms with Gasteiger partial charge in [-0.3, -0.25) is 9.59 Å². The summed E-state index contributed by atoms with van der Waals surface area (Å²) in [6.07, 6.45) is 0. The van der Waals surface area contributed by atoms with E-state index in [9.17, 15) is 9.59 Å². The third-order valence-corrected chi connectivity index (χ3v) is 4.04. The lowest BCUT2D eigenvalue weighted by atomic mass is 10.2. The van der Waals surface area contributed by atoms with Crippen LogP contribution >= 0.6 is 11.8 Å². The zero-order chi connectivity index (χ0) is 14.4. The van der Waals surface area contributed by atoms with Crippen LogP contribution in [0.1, 0.15) is 12.5 Å². The summed E-state index contributed by atoms with van der Waals surface area (Å²) in [7, 11) is 0. The Labute approximate surface area is 122 Å². The summed E-state index contributed by atoms with van der Waals surface area (Å²) in [5.41, 5.74) is 1.77. The second-order valence-corrected chi connectivity index (χ2v) is 5.83. The first-order valence-corrected chi connectivity index (χ1v) is 7.76. The van der Waals surface area contributed by atoms with Crippen LogP contribution in [0.3, 0.4) is 0 Å². The standard InChI is InChI=1S/C14H19N3O2S/c1-10(18)17-12-4-2-11(3-5-12)8-16-14(19)13-9-20-7-6-15-13/h2-5,13,15H,6-9H2,1H3,(H,16,19)(H,17,18). The topological polar surface area (TPSA) is 70.2 Å². The van der Waals surface area contributed by atoms with Gasteiger partial charge < -0.3 is 16.0 Å². The molecule has 3 N–H and O–H groups in total. The first-order valence-electron chi connectivity index (χ1n) is 6.60. The summed E-state index contributed by atoms with van der Waals surface area (Å²) in [5.74, 6) is 1.84. The Balaban J connectivity index is 1.81. The molecule has 1 saturated heterocycles. The second-order valence-electron chi connectivity index (χ2n) is 4.68. The summed E-state index contributed by atoms with van der Waals surface area (Å²) >= 11 is 1.80. The average molecular weight is 293 g/mol. The molecular weight excluding hydrogens is 274 g/mol. The van der Waals surface area contributed by atoms with Gasteiger partial charge in [-0.05, 0) is 17.7 Å². The van der Waals surface area contributed by atoms with Crippen LogP contribution in [0.5, 0.6) is 0 Å². The van der Waals surface area contributed by atoms with Gasteiger partial charge in [0.25, 0.3) is 0 Å². The van der Waals surface area contributed by atoms with E-state index in [1.165, 1.54) is 6.92 Å². The number of rotatable bonds is 4. The highest BCUT2D eigenvalue weighted by atomic mass is 32.2. The van der Waals surface area contributed by atoms with Crippen molar-refractivity contribution in [2.45, 2.75) is 19.5 Å².